The summed E-state index contributed by atoms with van der Waals surface area (Å²) in [5.41, 5.74) is 2.90. The van der Waals surface area contributed by atoms with E-state index in [0.29, 0.717) is 0 Å². The van der Waals surface area contributed by atoms with Crippen LogP contribution in [0.4, 0.5) is 0 Å². The molecule has 4 aliphatic heterocycles. The molecule has 10 rings (SSSR count). The molecule has 0 aliphatic carbocycles. The highest BCUT2D eigenvalue weighted by Gasteiger charge is 2.61. The highest BCUT2D eigenvalue weighted by molar-refractivity contribution is 6.99. The SMILES string of the molecule is CC(C)(C)[Si](O[C@@H]1O[C@H](COCc2ccccc2)[C@@H](O[C@@H]2O[C@@H]3CO[C@H](c4ccccc4)O[C@@H]3[C@H](O)[C@H]2O)[C@H](OCc2ccccc2)[C@H]1N1C(=O)c2ccccc2C1=O)(c1ccccc1)c1ccccc1. The first-order valence-corrected chi connectivity index (χ1v) is 26.1. The number of carbonyl (C=O) groups is 2. The molecular weight excluding hydrogens is 919 g/mol. The van der Waals surface area contributed by atoms with Crippen molar-refractivity contribution in [3.8, 4) is 0 Å². The van der Waals surface area contributed by atoms with Crippen molar-refractivity contribution in [2.75, 3.05) is 13.2 Å². The Morgan fingerprint density at radius 1 is 0.606 bits per heavy atom. The van der Waals surface area contributed by atoms with Gasteiger partial charge in [-0.3, -0.25) is 14.5 Å². The van der Waals surface area contributed by atoms with Crippen molar-refractivity contribution in [3.05, 3.63) is 204 Å². The van der Waals surface area contributed by atoms with Gasteiger partial charge in [0.15, 0.2) is 18.9 Å². The van der Waals surface area contributed by atoms with E-state index in [-0.39, 0.29) is 37.6 Å². The zero-order valence-corrected chi connectivity index (χ0v) is 40.8. The van der Waals surface area contributed by atoms with Crippen LogP contribution in [0.15, 0.2) is 176 Å². The van der Waals surface area contributed by atoms with Gasteiger partial charge in [-0.05, 0) is 38.7 Å². The van der Waals surface area contributed by atoms with Gasteiger partial charge in [0, 0.05) is 5.56 Å². The Morgan fingerprint density at radius 3 is 1.69 bits per heavy atom. The van der Waals surface area contributed by atoms with Crippen LogP contribution in [0.2, 0.25) is 5.04 Å². The van der Waals surface area contributed by atoms with Gasteiger partial charge in [0.2, 0.25) is 0 Å². The molecule has 13 nitrogen and oxygen atoms in total. The highest BCUT2D eigenvalue weighted by atomic mass is 28.4. The topological polar surface area (TPSA) is 152 Å². The van der Waals surface area contributed by atoms with Crippen LogP contribution in [0.3, 0.4) is 0 Å². The molecule has 0 radical (unpaired) electrons. The fraction of sp³-hybridized carbons (Fsp3) is 0.333. The van der Waals surface area contributed by atoms with Crippen molar-refractivity contribution < 1.29 is 57.4 Å². The average molecular weight is 978 g/mol. The van der Waals surface area contributed by atoms with Crippen LogP contribution < -0.4 is 10.4 Å². The van der Waals surface area contributed by atoms with E-state index in [4.69, 9.17) is 37.6 Å². The molecule has 14 heteroatoms. The Kier molecular flexibility index (Phi) is 14.6. The van der Waals surface area contributed by atoms with Gasteiger partial charge in [-0.1, -0.05) is 185 Å². The number of hydrogen-bond donors (Lipinski definition) is 2. The number of carbonyl (C=O) groups excluding carboxylic acids is 2. The number of nitrogens with zero attached hydrogens (tertiary/aromatic N) is 1. The maximum absolute atomic E-state index is 15.0. The van der Waals surface area contributed by atoms with Crippen molar-refractivity contribution in [1.29, 1.82) is 0 Å². The van der Waals surface area contributed by atoms with E-state index in [1.165, 1.54) is 4.90 Å². The second-order valence-electron chi connectivity index (χ2n) is 19.4. The van der Waals surface area contributed by atoms with Gasteiger partial charge in [0.05, 0.1) is 37.6 Å². The standard InChI is InChI=1S/C57H59NO12Si/c1-57(2,3)71(40-27-15-7-16-28-40,41-29-17-8-18-30-41)70-55-46(58-52(61)42-31-19-20-32-43(42)53(58)62)51(64-34-38-23-11-5-12-24-38)50(44(66-55)35-63-33-37-21-9-4-10-22-37)69-56-48(60)47(59)49-45(67-56)36-65-54(68-49)39-25-13-6-14-26-39/h4-32,44-51,54-56,59-60H,33-36H2,1-3H3/t44-,45-,46-,47-,48-,49+,50-,51-,54+,55+,56+/m1/s1. The summed E-state index contributed by atoms with van der Waals surface area (Å²) in [4.78, 5) is 31.2. The lowest BCUT2D eigenvalue weighted by molar-refractivity contribution is -0.382. The Bertz CT molecular complexity index is 2640. The van der Waals surface area contributed by atoms with E-state index >= 15 is 9.59 Å². The Balaban J connectivity index is 1.10. The third kappa shape index (κ3) is 9.83. The van der Waals surface area contributed by atoms with E-state index in [1.54, 1.807) is 24.3 Å². The lowest BCUT2D eigenvalue weighted by atomic mass is 9.94. The average Bonchev–Trinajstić information content (AvgIpc) is 3.65. The zero-order valence-electron chi connectivity index (χ0n) is 39.8. The fourth-order valence-electron chi connectivity index (χ4n) is 10.4. The minimum atomic E-state index is -3.55. The molecule has 4 heterocycles. The number of aliphatic hydroxyl groups excluding tert-OH is 2. The van der Waals surface area contributed by atoms with Crippen LogP contribution in [0.5, 0.6) is 0 Å². The molecule has 368 valence electrons. The summed E-state index contributed by atoms with van der Waals surface area (Å²) < 4.78 is 54.6. The summed E-state index contributed by atoms with van der Waals surface area (Å²) >= 11 is 0. The largest absolute Gasteiger partial charge is 0.387 e. The van der Waals surface area contributed by atoms with Crippen LogP contribution in [0.25, 0.3) is 0 Å². The number of imide groups is 1. The third-order valence-corrected chi connectivity index (χ3v) is 18.8. The molecule has 6 aromatic carbocycles. The summed E-state index contributed by atoms with van der Waals surface area (Å²) in [6.07, 6.45) is -12.1. The second kappa shape index (κ2) is 21.2. The summed E-state index contributed by atoms with van der Waals surface area (Å²) in [5, 5.41) is 25.2. The number of aliphatic hydroxyl groups is 2. The molecule has 2 N–H and O–H groups in total. The van der Waals surface area contributed by atoms with Crippen molar-refractivity contribution >= 4 is 30.5 Å². The molecule has 3 saturated heterocycles. The van der Waals surface area contributed by atoms with Crippen molar-refractivity contribution in [1.82, 2.24) is 4.90 Å². The van der Waals surface area contributed by atoms with Crippen molar-refractivity contribution in [2.24, 2.45) is 0 Å². The molecule has 0 bridgehead atoms. The van der Waals surface area contributed by atoms with E-state index in [1.807, 2.05) is 127 Å². The maximum atomic E-state index is 15.0. The molecule has 2 amide bonds. The molecule has 0 unspecified atom stereocenters. The number of ether oxygens (including phenoxy) is 7. The molecule has 71 heavy (non-hydrogen) atoms. The van der Waals surface area contributed by atoms with Crippen LogP contribution in [-0.4, -0.2) is 110 Å². The Morgan fingerprint density at radius 2 is 1.13 bits per heavy atom. The van der Waals surface area contributed by atoms with E-state index in [0.717, 1.165) is 27.1 Å². The maximum Gasteiger partial charge on any atom is 0.264 e. The quantitative estimate of drug-likeness (QED) is 0.0833. The highest BCUT2D eigenvalue weighted by Crippen LogP contribution is 2.43. The van der Waals surface area contributed by atoms with Gasteiger partial charge in [0.25, 0.3) is 20.1 Å². The first-order chi connectivity index (χ1) is 34.5. The normalized spacial score (nSPS) is 27.8. The lowest BCUT2D eigenvalue weighted by Gasteiger charge is -2.53. The summed E-state index contributed by atoms with van der Waals surface area (Å²) in [7, 11) is -3.55. The Hall–Kier alpha value is -5.72. The first-order valence-electron chi connectivity index (χ1n) is 24.2. The number of rotatable bonds is 15. The van der Waals surface area contributed by atoms with Gasteiger partial charge in [0.1, 0.15) is 48.8 Å². The number of benzene rings is 6. The zero-order chi connectivity index (χ0) is 49.1. The number of amides is 2. The minimum absolute atomic E-state index is 0.0124. The van der Waals surface area contributed by atoms with Crippen molar-refractivity contribution in [3.63, 3.8) is 0 Å². The fourth-order valence-corrected chi connectivity index (χ4v) is 14.9. The van der Waals surface area contributed by atoms with Crippen molar-refractivity contribution in [2.45, 2.75) is 107 Å². The van der Waals surface area contributed by atoms with Gasteiger partial charge < -0.3 is 47.8 Å². The van der Waals surface area contributed by atoms with Gasteiger partial charge >= 0.3 is 0 Å². The molecule has 11 atom stereocenters. The Labute approximate surface area is 414 Å². The molecule has 6 aromatic rings. The lowest BCUT2D eigenvalue weighted by Crippen LogP contribution is -2.74. The van der Waals surface area contributed by atoms with E-state index in [2.05, 4.69) is 45.0 Å². The van der Waals surface area contributed by atoms with Crippen LogP contribution in [0, 0.1) is 0 Å². The molecule has 0 aromatic heterocycles. The monoisotopic (exact) mass is 977 g/mol. The van der Waals surface area contributed by atoms with Crippen LogP contribution >= 0.6 is 0 Å². The smallest absolute Gasteiger partial charge is 0.264 e. The number of fused-ring (bicyclic) bond motifs is 2. The second-order valence-corrected chi connectivity index (χ2v) is 23.7. The minimum Gasteiger partial charge on any atom is -0.387 e. The van der Waals surface area contributed by atoms with Gasteiger partial charge in [-0.15, -0.1) is 0 Å². The summed E-state index contributed by atoms with van der Waals surface area (Å²) in [5.74, 6) is -1.12. The molecule has 4 aliphatic rings. The summed E-state index contributed by atoms with van der Waals surface area (Å²) in [6.45, 7) is 6.54. The molecular formula is C57H59NO12Si. The summed E-state index contributed by atoms with van der Waals surface area (Å²) in [6, 6.07) is 54.0. The van der Waals surface area contributed by atoms with Crippen LogP contribution in [-0.2, 0) is 50.8 Å². The predicted molar refractivity (Wildman–Crippen MR) is 265 cm³/mol. The van der Waals surface area contributed by atoms with E-state index < -0.39 is 92.8 Å². The predicted octanol–water partition coefficient (Wildman–Crippen LogP) is 6.70. The molecule has 0 spiro atoms. The third-order valence-electron chi connectivity index (χ3n) is 13.8. The van der Waals surface area contributed by atoms with Crippen LogP contribution in [0.1, 0.15) is 64.5 Å². The first kappa shape index (κ1) is 48.9. The van der Waals surface area contributed by atoms with Gasteiger partial charge in [-0.2, -0.15) is 0 Å². The van der Waals surface area contributed by atoms with Gasteiger partial charge in [-0.25, -0.2) is 0 Å². The number of hydrogen-bond acceptors (Lipinski definition) is 12. The molecule has 3 fully saturated rings. The van der Waals surface area contributed by atoms with E-state index in [9.17, 15) is 10.2 Å². The molecule has 0 saturated carbocycles.